The summed E-state index contributed by atoms with van der Waals surface area (Å²) in [6.45, 7) is 33.8. The Kier molecular flexibility index (Phi) is 12.4. The smallest absolute Gasteiger partial charge is 0.656 e. The number of nitrogens with zero attached hydrogens (tertiary/aromatic N) is 3. The number of aryl methyl sites for hydroxylation is 4. The van der Waals surface area contributed by atoms with Crippen LogP contribution in [-0.2, 0) is 22.4 Å². The number of aromatic nitrogens is 1. The van der Waals surface area contributed by atoms with Gasteiger partial charge in [0.1, 0.15) is 0 Å². The van der Waals surface area contributed by atoms with Crippen LogP contribution in [0.5, 0.6) is 0 Å². The summed E-state index contributed by atoms with van der Waals surface area (Å²) < 4.78 is 4.65. The third-order valence-corrected chi connectivity index (χ3v) is 10.0. The Bertz CT molecular complexity index is 2060. The first-order valence-corrected chi connectivity index (χ1v) is 18.7. The SMILES string of the molecule is CC(C)c1cccc(C(C)C)c1[N+]1=C=[N+](c2c(C(C)C)cccc2C(C)C)C(C(C)(C)C)=C1.Cc1cc(C)c2[n-]c3c(C)cc(C)cc3c2c1.[Au+]. The Morgan fingerprint density at radius 3 is 1.29 bits per heavy atom. The Balaban J connectivity index is 0.000000270. The van der Waals surface area contributed by atoms with E-state index in [1.165, 1.54) is 72.4 Å². The van der Waals surface area contributed by atoms with Crippen LogP contribution in [0.25, 0.3) is 21.8 Å². The van der Waals surface area contributed by atoms with Gasteiger partial charge in [-0.15, -0.1) is 11.0 Å². The van der Waals surface area contributed by atoms with Crippen molar-refractivity contribution in [2.75, 3.05) is 0 Å². The van der Waals surface area contributed by atoms with Crippen molar-refractivity contribution in [2.24, 2.45) is 5.41 Å². The second-order valence-corrected chi connectivity index (χ2v) is 16.8. The number of rotatable bonds is 6. The summed E-state index contributed by atoms with van der Waals surface area (Å²) in [5, 5.41) is 2.59. The molecule has 1 aliphatic rings. The van der Waals surface area contributed by atoms with Crippen LogP contribution >= 0.6 is 0 Å². The fraction of sp³-hybridized carbons (Fsp3) is 0.426. The van der Waals surface area contributed by atoms with Crippen molar-refractivity contribution in [3.63, 3.8) is 0 Å². The van der Waals surface area contributed by atoms with Gasteiger partial charge in [0.05, 0.1) is 5.41 Å². The second kappa shape index (κ2) is 15.6. The molecule has 272 valence electrons. The Hall–Kier alpha value is -3.46. The van der Waals surface area contributed by atoms with Crippen LogP contribution in [0, 0.1) is 33.1 Å². The van der Waals surface area contributed by atoms with Gasteiger partial charge >= 0.3 is 28.4 Å². The summed E-state index contributed by atoms with van der Waals surface area (Å²) in [4.78, 5) is 4.80. The molecular formula is C47H60AuN3+2. The molecule has 0 atom stereocenters. The normalized spacial score (nSPS) is 13.2. The average Bonchev–Trinajstić information content (AvgIpc) is 3.63. The molecule has 0 saturated carbocycles. The maximum absolute atomic E-state index is 4.80. The van der Waals surface area contributed by atoms with Crippen molar-refractivity contribution in [3.05, 3.63) is 117 Å². The van der Waals surface area contributed by atoms with Gasteiger partial charge in [-0.2, -0.15) is 0 Å². The van der Waals surface area contributed by atoms with Crippen molar-refractivity contribution in [1.29, 1.82) is 0 Å². The Morgan fingerprint density at radius 2 is 0.941 bits per heavy atom. The number of fused-ring (bicyclic) bond motifs is 3. The summed E-state index contributed by atoms with van der Waals surface area (Å²) in [6, 6.07) is 26.3. The summed E-state index contributed by atoms with van der Waals surface area (Å²) in [7, 11) is 0. The quantitative estimate of drug-likeness (QED) is 0.123. The number of allylic oxidation sites excluding steroid dienone is 1. The third-order valence-electron chi connectivity index (χ3n) is 10.0. The molecule has 0 saturated heterocycles. The molecule has 5 aromatic rings. The largest absolute Gasteiger partial charge is 1.00 e. The van der Waals surface area contributed by atoms with Crippen molar-refractivity contribution in [1.82, 2.24) is 4.98 Å². The van der Waals surface area contributed by atoms with Gasteiger partial charge in [-0.1, -0.05) is 147 Å². The number of hydrogen-bond acceptors (Lipinski definition) is 0. The molecule has 3 nitrogen and oxygen atoms in total. The monoisotopic (exact) mass is 863 g/mol. The Labute approximate surface area is 324 Å². The maximum Gasteiger partial charge on any atom is 1.00 e. The van der Waals surface area contributed by atoms with E-state index >= 15 is 0 Å². The van der Waals surface area contributed by atoms with Gasteiger partial charge in [0.2, 0.25) is 11.4 Å². The molecular weight excluding hydrogens is 804 g/mol. The van der Waals surface area contributed by atoms with Crippen LogP contribution in [-0.4, -0.2) is 15.2 Å². The summed E-state index contributed by atoms with van der Waals surface area (Å²) in [5.41, 5.74) is 16.8. The van der Waals surface area contributed by atoms with Gasteiger partial charge in [-0.3, -0.25) is 0 Å². The third kappa shape index (κ3) is 8.13. The molecule has 1 aliphatic heterocycles. The molecule has 51 heavy (non-hydrogen) atoms. The van der Waals surface area contributed by atoms with Gasteiger partial charge in [0.15, 0.2) is 0 Å². The predicted octanol–water partition coefficient (Wildman–Crippen LogP) is 13.4. The van der Waals surface area contributed by atoms with Crippen molar-refractivity contribution in [2.45, 2.75) is 128 Å². The zero-order valence-electron chi connectivity index (χ0n) is 33.8. The predicted molar refractivity (Wildman–Crippen MR) is 215 cm³/mol. The van der Waals surface area contributed by atoms with Crippen molar-refractivity contribution < 1.29 is 31.5 Å². The first-order chi connectivity index (χ1) is 23.4. The first-order valence-electron chi connectivity index (χ1n) is 18.7. The van der Waals surface area contributed by atoms with Gasteiger partial charge in [0.25, 0.3) is 11.9 Å². The zero-order valence-corrected chi connectivity index (χ0v) is 36.0. The van der Waals surface area contributed by atoms with Crippen molar-refractivity contribution >= 4 is 39.2 Å². The topological polar surface area (TPSA) is 20.1 Å². The second-order valence-electron chi connectivity index (χ2n) is 16.8. The summed E-state index contributed by atoms with van der Waals surface area (Å²) in [5.74, 6) is 1.75. The molecule has 2 heterocycles. The van der Waals surface area contributed by atoms with Gasteiger partial charge < -0.3 is 4.98 Å². The van der Waals surface area contributed by atoms with E-state index in [1.807, 2.05) is 0 Å². The van der Waals surface area contributed by atoms with E-state index < -0.39 is 0 Å². The summed E-state index contributed by atoms with van der Waals surface area (Å²) in [6.07, 6.45) is 2.33. The number of benzene rings is 4. The minimum Gasteiger partial charge on any atom is -0.656 e. The molecule has 1 aromatic heterocycles. The van der Waals surface area contributed by atoms with E-state index in [9.17, 15) is 0 Å². The van der Waals surface area contributed by atoms with E-state index in [-0.39, 0.29) is 27.8 Å². The molecule has 0 aliphatic carbocycles. The molecule has 4 heteroatoms. The van der Waals surface area contributed by atoms with Crippen LogP contribution < -0.4 is 4.98 Å². The molecule has 0 unspecified atom stereocenters. The van der Waals surface area contributed by atoms with E-state index in [4.69, 9.17) is 4.98 Å². The molecule has 0 radical (unpaired) electrons. The van der Waals surface area contributed by atoms with Crippen LogP contribution in [0.15, 0.2) is 72.6 Å². The summed E-state index contributed by atoms with van der Waals surface area (Å²) >= 11 is 0. The Morgan fingerprint density at radius 1 is 0.569 bits per heavy atom. The van der Waals surface area contributed by atoms with E-state index in [1.54, 1.807) is 0 Å². The molecule has 0 fully saturated rings. The van der Waals surface area contributed by atoms with Gasteiger partial charge in [-0.25, -0.2) is 0 Å². The van der Waals surface area contributed by atoms with Gasteiger partial charge in [0, 0.05) is 22.3 Å². The molecule has 0 amide bonds. The van der Waals surface area contributed by atoms with Gasteiger partial charge in [-0.05, 0) is 82.9 Å². The molecule has 0 bridgehead atoms. The number of para-hydroxylation sites is 2. The first kappa shape index (κ1) is 40.3. The fourth-order valence-electron chi connectivity index (χ4n) is 7.48. The molecule has 0 spiro atoms. The molecule has 0 N–H and O–H groups in total. The van der Waals surface area contributed by atoms with E-state index in [0.29, 0.717) is 23.7 Å². The van der Waals surface area contributed by atoms with Crippen molar-refractivity contribution in [3.8, 4) is 0 Å². The van der Waals surface area contributed by atoms with Crippen LogP contribution in [0.4, 0.5) is 11.4 Å². The average molecular weight is 864 g/mol. The molecule has 4 aromatic carbocycles. The zero-order chi connectivity index (χ0) is 36.8. The van der Waals surface area contributed by atoms with E-state index in [2.05, 4.69) is 186 Å². The minimum absolute atomic E-state index is 0. The maximum atomic E-state index is 4.80. The van der Waals surface area contributed by atoms with E-state index in [0.717, 1.165) is 11.0 Å². The van der Waals surface area contributed by atoms with Crippen LogP contribution in [0.1, 0.15) is 144 Å². The minimum atomic E-state index is -0.0230. The standard InChI is InChI=1S/C31H44N2.C16H16N.Au/c1-20(2)24-14-12-15-25(21(3)4)29(24)32-18-28(31(9,10)11)33(19-32)30-26(22(5)6)16-13-17-27(30)23(7)8;1-9-5-11(3)15-13(7-9)14-8-10(2)6-12(4)16(14)17-15;/h12-18,20-23H,1-11H3;5-8H,1-4H3;/q+2;-1;+1. The fourth-order valence-corrected chi connectivity index (χ4v) is 7.48. The molecule has 6 rings (SSSR count). The van der Waals surface area contributed by atoms with Crippen LogP contribution in [0.2, 0.25) is 0 Å². The van der Waals surface area contributed by atoms with Crippen LogP contribution in [0.3, 0.4) is 0 Å². The number of hydrogen-bond donors (Lipinski definition) is 0.